The van der Waals surface area contributed by atoms with E-state index < -0.39 is 0 Å². The standard InChI is InChI=1S/C29H57BrO4/c1-3-5-7-9-11-13-15-19-26-33-29(23-22-28(31)32-25-21-17-18-24-30)34-27-20-16-14-12-10-8-6-4-2/h29H,3-27H2,1-2H3. The molecule has 0 aromatic carbocycles. The van der Waals surface area contributed by atoms with E-state index in [9.17, 15) is 4.79 Å². The third-order valence-corrected chi connectivity index (χ3v) is 6.79. The van der Waals surface area contributed by atoms with E-state index in [0.29, 0.717) is 19.4 Å². The maximum absolute atomic E-state index is 12.1. The third-order valence-electron chi connectivity index (χ3n) is 6.23. The molecule has 0 radical (unpaired) electrons. The van der Waals surface area contributed by atoms with Crippen LogP contribution in [0.25, 0.3) is 0 Å². The molecule has 0 rings (SSSR count). The lowest BCUT2D eigenvalue weighted by Gasteiger charge is -2.18. The van der Waals surface area contributed by atoms with E-state index in [1.807, 2.05) is 0 Å². The Morgan fingerprint density at radius 3 is 1.47 bits per heavy atom. The Labute approximate surface area is 220 Å². The molecule has 0 aromatic rings. The minimum atomic E-state index is -0.282. The molecule has 0 aliphatic rings. The first-order chi connectivity index (χ1) is 16.7. The fourth-order valence-electron chi connectivity index (χ4n) is 3.98. The van der Waals surface area contributed by atoms with E-state index in [1.165, 1.54) is 89.9 Å². The molecule has 204 valence electrons. The maximum atomic E-state index is 12.1. The molecule has 0 atom stereocenters. The predicted molar refractivity (Wildman–Crippen MR) is 149 cm³/mol. The average molecular weight is 550 g/mol. The van der Waals surface area contributed by atoms with Gasteiger partial charge >= 0.3 is 5.97 Å². The average Bonchev–Trinajstić information content (AvgIpc) is 2.84. The maximum Gasteiger partial charge on any atom is 0.305 e. The van der Waals surface area contributed by atoms with Gasteiger partial charge in [-0.15, -0.1) is 0 Å². The first-order valence-corrected chi connectivity index (χ1v) is 15.8. The number of rotatable bonds is 28. The van der Waals surface area contributed by atoms with Crippen LogP contribution in [-0.4, -0.2) is 37.4 Å². The van der Waals surface area contributed by atoms with Crippen LogP contribution in [0.2, 0.25) is 0 Å². The van der Waals surface area contributed by atoms with Crippen molar-refractivity contribution in [2.45, 2.75) is 155 Å². The number of carbonyl (C=O) groups is 1. The van der Waals surface area contributed by atoms with Crippen LogP contribution in [0.1, 0.15) is 149 Å². The molecule has 0 heterocycles. The largest absolute Gasteiger partial charge is 0.466 e. The number of hydrogen-bond donors (Lipinski definition) is 0. The zero-order valence-corrected chi connectivity index (χ0v) is 24.4. The van der Waals surface area contributed by atoms with Crippen LogP contribution in [0.5, 0.6) is 0 Å². The molecule has 0 unspecified atom stereocenters. The van der Waals surface area contributed by atoms with Crippen molar-refractivity contribution < 1.29 is 19.0 Å². The minimum absolute atomic E-state index is 0.129. The lowest BCUT2D eigenvalue weighted by Crippen LogP contribution is -2.21. The summed E-state index contributed by atoms with van der Waals surface area (Å²) in [5, 5.41) is 1.01. The Morgan fingerprint density at radius 1 is 0.588 bits per heavy atom. The molecule has 0 saturated heterocycles. The zero-order chi connectivity index (χ0) is 25.0. The molecule has 4 nitrogen and oxygen atoms in total. The Morgan fingerprint density at radius 2 is 1.00 bits per heavy atom. The van der Waals surface area contributed by atoms with Crippen LogP contribution < -0.4 is 0 Å². The van der Waals surface area contributed by atoms with Crippen molar-refractivity contribution >= 4 is 21.9 Å². The summed E-state index contributed by atoms with van der Waals surface area (Å²) in [6.07, 6.45) is 24.4. The number of carbonyl (C=O) groups excluding carboxylic acids is 1. The summed E-state index contributed by atoms with van der Waals surface area (Å²) in [6, 6.07) is 0. The Balaban J connectivity index is 4.00. The summed E-state index contributed by atoms with van der Waals surface area (Å²) >= 11 is 3.43. The fourth-order valence-corrected chi connectivity index (χ4v) is 4.38. The number of ether oxygens (including phenoxy) is 3. The second-order valence-corrected chi connectivity index (χ2v) is 10.4. The van der Waals surface area contributed by atoms with Gasteiger partial charge in [-0.05, 0) is 32.1 Å². The lowest BCUT2D eigenvalue weighted by molar-refractivity contribution is -0.159. The highest BCUT2D eigenvalue weighted by Gasteiger charge is 2.13. The van der Waals surface area contributed by atoms with Crippen LogP contribution in [0.15, 0.2) is 0 Å². The molecule has 34 heavy (non-hydrogen) atoms. The summed E-state index contributed by atoms with van der Waals surface area (Å²) in [4.78, 5) is 12.1. The van der Waals surface area contributed by atoms with E-state index in [2.05, 4.69) is 29.8 Å². The van der Waals surface area contributed by atoms with Gasteiger partial charge in [0.2, 0.25) is 0 Å². The molecular weight excluding hydrogens is 492 g/mol. The van der Waals surface area contributed by atoms with Crippen LogP contribution in [-0.2, 0) is 19.0 Å². The molecule has 0 bridgehead atoms. The van der Waals surface area contributed by atoms with Crippen LogP contribution in [0.4, 0.5) is 0 Å². The van der Waals surface area contributed by atoms with E-state index in [4.69, 9.17) is 14.2 Å². The summed E-state index contributed by atoms with van der Waals surface area (Å²) in [7, 11) is 0. The molecule has 0 N–H and O–H groups in total. The first-order valence-electron chi connectivity index (χ1n) is 14.7. The number of alkyl halides is 1. The van der Waals surface area contributed by atoms with Gasteiger partial charge in [-0.1, -0.05) is 120 Å². The topological polar surface area (TPSA) is 44.8 Å². The predicted octanol–water partition coefficient (Wildman–Crippen LogP) is 9.52. The van der Waals surface area contributed by atoms with Gasteiger partial charge in [-0.25, -0.2) is 0 Å². The molecule has 0 aromatic heterocycles. The second kappa shape index (κ2) is 29.1. The van der Waals surface area contributed by atoms with Crippen molar-refractivity contribution in [1.82, 2.24) is 0 Å². The van der Waals surface area contributed by atoms with Gasteiger partial charge in [0.25, 0.3) is 0 Å². The smallest absolute Gasteiger partial charge is 0.305 e. The van der Waals surface area contributed by atoms with E-state index in [0.717, 1.165) is 50.6 Å². The van der Waals surface area contributed by atoms with Gasteiger partial charge in [-0.3, -0.25) is 4.79 Å². The molecule has 0 amide bonds. The highest BCUT2D eigenvalue weighted by Crippen LogP contribution is 2.13. The van der Waals surface area contributed by atoms with E-state index in [1.54, 1.807) is 0 Å². The molecule has 5 heteroatoms. The van der Waals surface area contributed by atoms with Crippen LogP contribution in [0.3, 0.4) is 0 Å². The van der Waals surface area contributed by atoms with Crippen molar-refractivity contribution in [1.29, 1.82) is 0 Å². The molecular formula is C29H57BrO4. The molecule has 0 saturated carbocycles. The monoisotopic (exact) mass is 548 g/mol. The molecule has 0 aliphatic carbocycles. The van der Waals surface area contributed by atoms with Crippen molar-refractivity contribution in [3.05, 3.63) is 0 Å². The van der Waals surface area contributed by atoms with Gasteiger partial charge in [0.1, 0.15) is 0 Å². The van der Waals surface area contributed by atoms with Crippen LogP contribution >= 0.6 is 15.9 Å². The minimum Gasteiger partial charge on any atom is -0.466 e. The SMILES string of the molecule is CCCCCCCCCCOC(CCC(=O)OCCCCCBr)OCCCCCCCCCC. The summed E-state index contributed by atoms with van der Waals surface area (Å²) in [5.41, 5.74) is 0. The molecule has 0 aliphatic heterocycles. The molecule has 0 spiro atoms. The van der Waals surface area contributed by atoms with Gasteiger partial charge in [0.05, 0.1) is 13.0 Å². The van der Waals surface area contributed by atoms with Crippen LogP contribution in [0, 0.1) is 0 Å². The Kier molecular flexibility index (Phi) is 29.0. The fraction of sp³-hybridized carbons (Fsp3) is 0.966. The quantitative estimate of drug-likeness (QED) is 0.0422. The van der Waals surface area contributed by atoms with Gasteiger partial charge in [0.15, 0.2) is 6.29 Å². The summed E-state index contributed by atoms with van der Waals surface area (Å²) < 4.78 is 17.4. The number of hydrogen-bond acceptors (Lipinski definition) is 4. The second-order valence-electron chi connectivity index (χ2n) is 9.63. The Hall–Kier alpha value is -0.130. The van der Waals surface area contributed by atoms with Crippen molar-refractivity contribution in [3.8, 4) is 0 Å². The van der Waals surface area contributed by atoms with Crippen molar-refractivity contribution in [2.24, 2.45) is 0 Å². The number of halogens is 1. The van der Waals surface area contributed by atoms with E-state index >= 15 is 0 Å². The number of esters is 1. The van der Waals surface area contributed by atoms with Crippen molar-refractivity contribution in [2.75, 3.05) is 25.2 Å². The molecule has 0 fully saturated rings. The highest BCUT2D eigenvalue weighted by atomic mass is 79.9. The van der Waals surface area contributed by atoms with Gasteiger partial charge in [0, 0.05) is 25.0 Å². The van der Waals surface area contributed by atoms with Gasteiger partial charge in [-0.2, -0.15) is 0 Å². The summed E-state index contributed by atoms with van der Waals surface area (Å²) in [5.74, 6) is -0.129. The van der Waals surface area contributed by atoms with Crippen molar-refractivity contribution in [3.63, 3.8) is 0 Å². The first kappa shape index (κ1) is 33.9. The van der Waals surface area contributed by atoms with Gasteiger partial charge < -0.3 is 14.2 Å². The normalized spacial score (nSPS) is 11.4. The highest BCUT2D eigenvalue weighted by molar-refractivity contribution is 9.09. The Bertz CT molecular complexity index is 384. The lowest BCUT2D eigenvalue weighted by atomic mass is 10.1. The summed E-state index contributed by atoms with van der Waals surface area (Å²) in [6.45, 7) is 6.48. The zero-order valence-electron chi connectivity index (χ0n) is 22.8. The third kappa shape index (κ3) is 26.5. The van der Waals surface area contributed by atoms with E-state index in [-0.39, 0.29) is 12.3 Å². The number of unbranched alkanes of at least 4 members (excludes halogenated alkanes) is 16.